The molecule has 0 N–H and O–H groups in total. The van der Waals surface area contributed by atoms with Crippen molar-refractivity contribution in [2.75, 3.05) is 20.8 Å². The van der Waals surface area contributed by atoms with Crippen LogP contribution in [0.3, 0.4) is 0 Å². The van der Waals surface area contributed by atoms with Crippen molar-refractivity contribution < 1.29 is 23.8 Å². The number of esters is 2. The number of hydrogen-bond donors (Lipinski definition) is 0. The molecule has 48 heavy (non-hydrogen) atoms. The molecule has 11 heteroatoms. The number of ether oxygens (including phenoxy) is 3. The van der Waals surface area contributed by atoms with Gasteiger partial charge in [-0.25, -0.2) is 19.3 Å². The number of methoxy groups -OCH3 is 2. The standard InChI is InChI=1S/C37H34N4O6S/c1-22(2)21-47-36(44)31-23(3)38-37-41(33(31)25-11-13-26(14-12-25)35(43)46-5)34(42)30(48-37)19-27-20-40(28-9-7-6-8-10-28)39-32(27)24-15-17-29(45-4)18-16-24/h6-20,22,33H,21H2,1-5H3/b30-19-. The summed E-state index contributed by atoms with van der Waals surface area (Å²) in [6.45, 7) is 5.86. The van der Waals surface area contributed by atoms with Crippen LogP contribution in [0.5, 0.6) is 5.75 Å². The fourth-order valence-electron chi connectivity index (χ4n) is 5.46. The molecule has 2 aromatic heterocycles. The molecular formula is C37H34N4O6S. The zero-order valence-electron chi connectivity index (χ0n) is 27.2. The third-order valence-electron chi connectivity index (χ3n) is 7.85. The Labute approximate surface area is 280 Å². The van der Waals surface area contributed by atoms with Gasteiger partial charge in [-0.05, 0) is 73.0 Å². The number of nitrogens with zero attached hydrogens (tertiary/aromatic N) is 4. The van der Waals surface area contributed by atoms with Gasteiger partial charge in [-0.1, -0.05) is 55.5 Å². The predicted molar refractivity (Wildman–Crippen MR) is 183 cm³/mol. The Kier molecular flexibility index (Phi) is 9.22. The zero-order chi connectivity index (χ0) is 33.9. The Hall–Kier alpha value is -5.55. The largest absolute Gasteiger partial charge is 0.497 e. The van der Waals surface area contributed by atoms with E-state index < -0.39 is 18.0 Å². The van der Waals surface area contributed by atoms with Crippen molar-refractivity contribution in [2.24, 2.45) is 10.9 Å². The molecule has 0 saturated heterocycles. The molecule has 5 aromatic rings. The van der Waals surface area contributed by atoms with Gasteiger partial charge in [-0.15, -0.1) is 0 Å². The highest BCUT2D eigenvalue weighted by molar-refractivity contribution is 7.07. The van der Waals surface area contributed by atoms with Crippen LogP contribution in [-0.2, 0) is 14.3 Å². The molecule has 3 heterocycles. The Morgan fingerprint density at radius 1 is 0.958 bits per heavy atom. The molecule has 0 bridgehead atoms. The fraction of sp³-hybridized carbons (Fsp3) is 0.216. The van der Waals surface area contributed by atoms with Gasteiger partial charge in [0.25, 0.3) is 5.56 Å². The van der Waals surface area contributed by atoms with E-state index in [1.54, 1.807) is 43.0 Å². The van der Waals surface area contributed by atoms with Gasteiger partial charge >= 0.3 is 11.9 Å². The van der Waals surface area contributed by atoms with Crippen LogP contribution in [-0.4, -0.2) is 47.1 Å². The molecule has 3 aromatic carbocycles. The first-order valence-electron chi connectivity index (χ1n) is 15.4. The molecular weight excluding hydrogens is 628 g/mol. The number of rotatable bonds is 9. The van der Waals surface area contributed by atoms with Gasteiger partial charge < -0.3 is 14.2 Å². The first-order chi connectivity index (χ1) is 23.2. The van der Waals surface area contributed by atoms with E-state index in [2.05, 4.69) is 0 Å². The first kappa shape index (κ1) is 32.4. The number of para-hydroxylation sites is 1. The van der Waals surface area contributed by atoms with Crippen molar-refractivity contribution in [3.05, 3.63) is 133 Å². The highest BCUT2D eigenvalue weighted by Crippen LogP contribution is 2.31. The van der Waals surface area contributed by atoms with E-state index >= 15 is 0 Å². The summed E-state index contributed by atoms with van der Waals surface area (Å²) in [7, 11) is 2.93. The average molecular weight is 663 g/mol. The molecule has 0 amide bonds. The second kappa shape index (κ2) is 13.7. The van der Waals surface area contributed by atoms with Gasteiger partial charge in [0.1, 0.15) is 11.4 Å². The molecule has 244 valence electrons. The molecule has 10 nitrogen and oxygen atoms in total. The summed E-state index contributed by atoms with van der Waals surface area (Å²) >= 11 is 1.23. The van der Waals surface area contributed by atoms with Gasteiger partial charge in [-0.2, -0.15) is 5.10 Å². The summed E-state index contributed by atoms with van der Waals surface area (Å²) in [6.07, 6.45) is 3.69. The van der Waals surface area contributed by atoms with Gasteiger partial charge in [0, 0.05) is 17.3 Å². The number of allylic oxidation sites excluding steroid dienone is 1. The number of hydrogen-bond acceptors (Lipinski definition) is 9. The van der Waals surface area contributed by atoms with Crippen molar-refractivity contribution in [3.8, 4) is 22.7 Å². The Bertz CT molecular complexity index is 2190. The summed E-state index contributed by atoms with van der Waals surface area (Å²) in [6, 6.07) is 23.1. The molecule has 0 radical (unpaired) electrons. The minimum Gasteiger partial charge on any atom is -0.497 e. The van der Waals surface area contributed by atoms with Crippen LogP contribution in [0.15, 0.2) is 106 Å². The molecule has 0 saturated carbocycles. The van der Waals surface area contributed by atoms with E-state index in [0.29, 0.717) is 37.6 Å². The van der Waals surface area contributed by atoms with Gasteiger partial charge in [0.2, 0.25) is 0 Å². The maximum atomic E-state index is 14.4. The SMILES string of the molecule is COC(=O)c1ccc(C2C(C(=O)OCC(C)C)=C(C)N=c3s/c(=C\c4cn(-c5ccccc5)nc4-c4ccc(OC)cc4)c(=O)n32)cc1. The van der Waals surface area contributed by atoms with Gasteiger partial charge in [0.15, 0.2) is 4.80 Å². The summed E-state index contributed by atoms with van der Waals surface area (Å²) < 4.78 is 19.6. The van der Waals surface area contributed by atoms with E-state index in [1.165, 1.54) is 23.0 Å². The van der Waals surface area contributed by atoms with Crippen LogP contribution in [0.1, 0.15) is 48.3 Å². The fourth-order valence-corrected chi connectivity index (χ4v) is 6.50. The molecule has 1 aliphatic rings. The maximum Gasteiger partial charge on any atom is 0.338 e. The molecule has 6 rings (SSSR count). The monoisotopic (exact) mass is 662 g/mol. The topological polar surface area (TPSA) is 114 Å². The van der Waals surface area contributed by atoms with Crippen molar-refractivity contribution in [2.45, 2.75) is 26.8 Å². The minimum atomic E-state index is -0.831. The highest BCUT2D eigenvalue weighted by atomic mass is 32.1. The van der Waals surface area contributed by atoms with E-state index in [9.17, 15) is 14.4 Å². The Balaban J connectivity index is 1.52. The molecule has 1 unspecified atom stereocenters. The van der Waals surface area contributed by atoms with E-state index in [1.807, 2.05) is 80.7 Å². The molecule has 0 spiro atoms. The number of thiazole rings is 1. The number of benzene rings is 3. The minimum absolute atomic E-state index is 0.116. The number of aromatic nitrogens is 3. The third kappa shape index (κ3) is 6.37. The lowest BCUT2D eigenvalue weighted by Crippen LogP contribution is -2.40. The Morgan fingerprint density at radius 2 is 1.67 bits per heavy atom. The third-order valence-corrected chi connectivity index (χ3v) is 8.83. The van der Waals surface area contributed by atoms with Crippen LogP contribution in [0.4, 0.5) is 0 Å². The van der Waals surface area contributed by atoms with Crippen molar-refractivity contribution in [3.63, 3.8) is 0 Å². The average Bonchev–Trinajstić information content (AvgIpc) is 3.67. The normalized spacial score (nSPS) is 14.5. The second-order valence-corrected chi connectivity index (χ2v) is 12.6. The van der Waals surface area contributed by atoms with E-state index in [0.717, 1.165) is 16.8 Å². The van der Waals surface area contributed by atoms with Crippen LogP contribution in [0.2, 0.25) is 0 Å². The second-order valence-electron chi connectivity index (χ2n) is 11.6. The summed E-state index contributed by atoms with van der Waals surface area (Å²) in [5.74, 6) is -0.205. The van der Waals surface area contributed by atoms with E-state index in [-0.39, 0.29) is 23.7 Å². The molecule has 1 aliphatic heterocycles. The van der Waals surface area contributed by atoms with Crippen LogP contribution < -0.4 is 19.6 Å². The summed E-state index contributed by atoms with van der Waals surface area (Å²) in [4.78, 5) is 45.3. The highest BCUT2D eigenvalue weighted by Gasteiger charge is 2.33. The summed E-state index contributed by atoms with van der Waals surface area (Å²) in [5, 5.41) is 4.90. The van der Waals surface area contributed by atoms with Crippen molar-refractivity contribution in [1.82, 2.24) is 14.3 Å². The lowest BCUT2D eigenvalue weighted by Gasteiger charge is -2.25. The predicted octanol–water partition coefficient (Wildman–Crippen LogP) is 5.08. The van der Waals surface area contributed by atoms with Crippen LogP contribution >= 0.6 is 11.3 Å². The van der Waals surface area contributed by atoms with Gasteiger partial charge in [-0.3, -0.25) is 9.36 Å². The summed E-state index contributed by atoms with van der Waals surface area (Å²) in [5.41, 5.74) is 4.47. The Morgan fingerprint density at radius 3 is 2.31 bits per heavy atom. The van der Waals surface area contributed by atoms with Crippen LogP contribution in [0.25, 0.3) is 23.0 Å². The molecule has 1 atom stereocenters. The number of fused-ring (bicyclic) bond motifs is 1. The first-order valence-corrected chi connectivity index (χ1v) is 16.2. The lowest BCUT2D eigenvalue weighted by molar-refractivity contribution is -0.140. The van der Waals surface area contributed by atoms with Gasteiger partial charge in [0.05, 0.1) is 53.9 Å². The zero-order valence-corrected chi connectivity index (χ0v) is 28.0. The van der Waals surface area contributed by atoms with E-state index in [4.69, 9.17) is 24.3 Å². The molecule has 0 fully saturated rings. The number of carbonyl (C=O) groups is 2. The smallest absolute Gasteiger partial charge is 0.338 e. The lowest BCUT2D eigenvalue weighted by atomic mass is 9.95. The quantitative estimate of drug-likeness (QED) is 0.202. The maximum absolute atomic E-state index is 14.4. The van der Waals surface area contributed by atoms with Crippen molar-refractivity contribution >= 4 is 29.4 Å². The number of carbonyl (C=O) groups excluding carboxylic acids is 2. The molecule has 0 aliphatic carbocycles. The van der Waals surface area contributed by atoms with Crippen molar-refractivity contribution in [1.29, 1.82) is 0 Å². The van der Waals surface area contributed by atoms with Crippen LogP contribution in [0, 0.1) is 5.92 Å².